The Morgan fingerprint density at radius 3 is 2.82 bits per heavy atom. The molecule has 0 heterocycles. The van der Waals surface area contributed by atoms with Crippen LogP contribution in [0.3, 0.4) is 0 Å². The van der Waals surface area contributed by atoms with E-state index in [1.54, 1.807) is 12.2 Å². The summed E-state index contributed by atoms with van der Waals surface area (Å²) >= 11 is 2.14. The van der Waals surface area contributed by atoms with Crippen molar-refractivity contribution < 1.29 is 9.13 Å². The molecule has 0 fully saturated rings. The maximum atomic E-state index is 13.4. The Morgan fingerprint density at radius 2 is 2.36 bits per heavy atom. The van der Waals surface area contributed by atoms with Gasteiger partial charge in [0.1, 0.15) is 6.10 Å². The number of alkyl halides is 1. The Morgan fingerprint density at radius 1 is 1.73 bits per heavy atom. The first kappa shape index (κ1) is 9.19. The third-order valence-corrected chi connectivity index (χ3v) is 2.41. The third-order valence-electron chi connectivity index (χ3n) is 1.69. The predicted molar refractivity (Wildman–Crippen MR) is 51.6 cm³/mol. The fourth-order valence-corrected chi connectivity index (χ4v) is 1.51. The van der Waals surface area contributed by atoms with Crippen LogP contribution in [0.1, 0.15) is 6.92 Å². The maximum absolute atomic E-state index is 13.4. The van der Waals surface area contributed by atoms with E-state index in [4.69, 9.17) is 4.74 Å². The van der Waals surface area contributed by atoms with Crippen LogP contribution in [0.2, 0.25) is 0 Å². The van der Waals surface area contributed by atoms with Crippen molar-refractivity contribution >= 4 is 22.6 Å². The lowest BCUT2D eigenvalue weighted by Gasteiger charge is -2.26. The summed E-state index contributed by atoms with van der Waals surface area (Å²) in [5.41, 5.74) is -1.36. The van der Waals surface area contributed by atoms with Crippen LogP contribution >= 0.6 is 22.6 Å². The second-order valence-electron chi connectivity index (χ2n) is 2.69. The molecule has 3 heteroatoms. The van der Waals surface area contributed by atoms with E-state index in [0.717, 1.165) is 3.58 Å². The highest BCUT2D eigenvalue weighted by Crippen LogP contribution is 2.29. The average molecular weight is 268 g/mol. The lowest BCUT2D eigenvalue weighted by molar-refractivity contribution is 0.0313. The largest absolute Gasteiger partial charge is 0.374 e. The van der Waals surface area contributed by atoms with E-state index in [1.807, 2.05) is 0 Å². The van der Waals surface area contributed by atoms with Crippen molar-refractivity contribution in [1.82, 2.24) is 0 Å². The van der Waals surface area contributed by atoms with Gasteiger partial charge < -0.3 is 4.74 Å². The SMILES string of the molecule is COC1C=C(I)C=CC1(C)F. The molecule has 0 aromatic carbocycles. The molecular weight excluding hydrogens is 258 g/mol. The molecule has 0 saturated carbocycles. The van der Waals surface area contributed by atoms with Crippen molar-refractivity contribution in [3.63, 3.8) is 0 Å². The van der Waals surface area contributed by atoms with Crippen molar-refractivity contribution in [2.45, 2.75) is 18.7 Å². The van der Waals surface area contributed by atoms with Crippen molar-refractivity contribution in [1.29, 1.82) is 0 Å². The summed E-state index contributed by atoms with van der Waals surface area (Å²) in [7, 11) is 1.52. The van der Waals surface area contributed by atoms with Crippen LogP contribution in [0.15, 0.2) is 21.8 Å². The molecule has 1 aliphatic rings. The molecule has 0 aliphatic heterocycles. The van der Waals surface area contributed by atoms with Crippen molar-refractivity contribution in [3.05, 3.63) is 21.8 Å². The molecule has 11 heavy (non-hydrogen) atoms. The molecule has 0 aromatic heterocycles. The van der Waals surface area contributed by atoms with Crippen LogP contribution in [0.5, 0.6) is 0 Å². The van der Waals surface area contributed by atoms with Crippen molar-refractivity contribution in [3.8, 4) is 0 Å². The van der Waals surface area contributed by atoms with Gasteiger partial charge in [-0.1, -0.05) is 0 Å². The topological polar surface area (TPSA) is 9.23 Å². The molecule has 1 nitrogen and oxygen atoms in total. The summed E-state index contributed by atoms with van der Waals surface area (Å²) in [4.78, 5) is 0. The van der Waals surface area contributed by atoms with Crippen LogP contribution in [0, 0.1) is 0 Å². The first-order valence-corrected chi connectivity index (χ1v) is 4.42. The molecule has 0 N–H and O–H groups in total. The Kier molecular flexibility index (Phi) is 2.70. The predicted octanol–water partition coefficient (Wildman–Crippen LogP) is 2.62. The Labute approximate surface area is 79.4 Å². The van der Waals surface area contributed by atoms with Crippen LogP contribution in [-0.4, -0.2) is 18.9 Å². The molecule has 1 aliphatic carbocycles. The Balaban J connectivity index is 2.84. The molecule has 62 valence electrons. The molecule has 0 saturated heterocycles. The molecular formula is C8H10FIO. The van der Waals surface area contributed by atoms with Gasteiger partial charge >= 0.3 is 0 Å². The van der Waals surface area contributed by atoms with E-state index in [-0.39, 0.29) is 0 Å². The highest BCUT2D eigenvalue weighted by Gasteiger charge is 2.32. The van der Waals surface area contributed by atoms with E-state index < -0.39 is 11.8 Å². The van der Waals surface area contributed by atoms with Gasteiger partial charge in [-0.15, -0.1) is 0 Å². The highest BCUT2D eigenvalue weighted by atomic mass is 127. The first-order chi connectivity index (χ1) is 5.06. The number of rotatable bonds is 1. The van der Waals surface area contributed by atoms with Gasteiger partial charge in [0.25, 0.3) is 0 Å². The van der Waals surface area contributed by atoms with Gasteiger partial charge in [0.15, 0.2) is 5.67 Å². The lowest BCUT2D eigenvalue weighted by Crippen LogP contribution is -2.34. The fourth-order valence-electron chi connectivity index (χ4n) is 0.999. The van der Waals surface area contributed by atoms with Crippen molar-refractivity contribution in [2.75, 3.05) is 7.11 Å². The zero-order chi connectivity index (χ0) is 8.48. The smallest absolute Gasteiger partial charge is 0.156 e. The number of hydrogen-bond acceptors (Lipinski definition) is 1. The molecule has 1 rings (SSSR count). The summed E-state index contributed by atoms with van der Waals surface area (Å²) < 4.78 is 19.4. The summed E-state index contributed by atoms with van der Waals surface area (Å²) in [5, 5.41) is 0. The number of methoxy groups -OCH3 is 1. The van der Waals surface area contributed by atoms with E-state index >= 15 is 0 Å². The molecule has 0 spiro atoms. The number of ether oxygens (including phenoxy) is 1. The van der Waals surface area contributed by atoms with Gasteiger partial charge in [-0.2, -0.15) is 0 Å². The van der Waals surface area contributed by atoms with Crippen LogP contribution in [0.4, 0.5) is 4.39 Å². The zero-order valence-corrected chi connectivity index (χ0v) is 8.63. The van der Waals surface area contributed by atoms with Crippen LogP contribution in [0.25, 0.3) is 0 Å². The number of allylic oxidation sites excluding steroid dienone is 2. The van der Waals surface area contributed by atoms with E-state index in [0.29, 0.717) is 0 Å². The normalized spacial score (nSPS) is 37.1. The summed E-state index contributed by atoms with van der Waals surface area (Å²) in [6, 6.07) is 0. The van der Waals surface area contributed by atoms with Gasteiger partial charge in [0.2, 0.25) is 0 Å². The Hall–Kier alpha value is 0.1000. The lowest BCUT2D eigenvalue weighted by atomic mass is 9.96. The number of halogens is 2. The molecule has 2 atom stereocenters. The Bertz CT molecular complexity index is 208. The van der Waals surface area contributed by atoms with Gasteiger partial charge in [-0.25, -0.2) is 4.39 Å². The first-order valence-electron chi connectivity index (χ1n) is 3.34. The van der Waals surface area contributed by atoms with Gasteiger partial charge in [0.05, 0.1) is 0 Å². The van der Waals surface area contributed by atoms with Gasteiger partial charge in [0, 0.05) is 10.7 Å². The van der Waals surface area contributed by atoms with E-state index in [2.05, 4.69) is 22.6 Å². The maximum Gasteiger partial charge on any atom is 0.156 e. The minimum absolute atomic E-state index is 0.445. The second-order valence-corrected chi connectivity index (χ2v) is 3.94. The van der Waals surface area contributed by atoms with E-state index in [9.17, 15) is 4.39 Å². The van der Waals surface area contributed by atoms with Crippen LogP contribution < -0.4 is 0 Å². The average Bonchev–Trinajstić information content (AvgIpc) is 1.94. The highest BCUT2D eigenvalue weighted by molar-refractivity contribution is 14.1. The molecule has 0 radical (unpaired) electrons. The minimum Gasteiger partial charge on any atom is -0.374 e. The summed E-state index contributed by atoms with van der Waals surface area (Å²) in [6.45, 7) is 1.51. The quantitative estimate of drug-likeness (QED) is 0.664. The molecule has 0 aromatic rings. The number of hydrogen-bond donors (Lipinski definition) is 0. The molecule has 2 unspecified atom stereocenters. The minimum atomic E-state index is -1.36. The molecule has 0 amide bonds. The van der Waals surface area contributed by atoms with Crippen LogP contribution in [-0.2, 0) is 4.74 Å². The fraction of sp³-hybridized carbons (Fsp3) is 0.500. The third kappa shape index (κ3) is 2.02. The monoisotopic (exact) mass is 268 g/mol. The zero-order valence-electron chi connectivity index (χ0n) is 6.47. The summed E-state index contributed by atoms with van der Waals surface area (Å²) in [5.74, 6) is 0. The summed E-state index contributed by atoms with van der Waals surface area (Å²) in [6.07, 6.45) is 4.62. The van der Waals surface area contributed by atoms with Gasteiger partial charge in [-0.05, 0) is 47.7 Å². The second kappa shape index (κ2) is 3.23. The standard InChI is InChI=1S/C8H10FIO/c1-8(9)4-3-6(10)5-7(8)11-2/h3-5,7H,1-2H3. The van der Waals surface area contributed by atoms with Gasteiger partial charge in [-0.3, -0.25) is 0 Å². The van der Waals surface area contributed by atoms with E-state index in [1.165, 1.54) is 20.1 Å². The van der Waals surface area contributed by atoms with Crippen molar-refractivity contribution in [2.24, 2.45) is 0 Å². The molecule has 0 bridgehead atoms.